The van der Waals surface area contributed by atoms with Gasteiger partial charge < -0.3 is 14.8 Å². The minimum atomic E-state index is -0.301. The number of hydrogen-bond donors (Lipinski definition) is 1. The van der Waals surface area contributed by atoms with Crippen molar-refractivity contribution in [1.29, 1.82) is 0 Å². The molecular weight excluding hydrogens is 474 g/mol. The third kappa shape index (κ3) is 5.39. The smallest absolute Gasteiger partial charge is 0.265 e. The number of thiazole rings is 1. The second kappa shape index (κ2) is 10.6. The van der Waals surface area contributed by atoms with Crippen LogP contribution in [0.1, 0.15) is 17.5 Å². The largest absolute Gasteiger partial charge is 0.494 e. The fraction of sp³-hybridized carbons (Fsp3) is 0.179. The van der Waals surface area contributed by atoms with Crippen LogP contribution in [0.25, 0.3) is 11.3 Å². The number of nitrogens with zero attached hydrogens (tertiary/aromatic N) is 2. The summed E-state index contributed by atoms with van der Waals surface area (Å²) in [7, 11) is 0. The molecule has 5 rings (SSSR count). The van der Waals surface area contributed by atoms with E-state index in [0.717, 1.165) is 28.4 Å². The first-order chi connectivity index (χ1) is 17.6. The molecule has 0 spiro atoms. The van der Waals surface area contributed by atoms with E-state index in [2.05, 4.69) is 17.4 Å². The monoisotopic (exact) mass is 499 g/mol. The number of carbonyl (C=O) groups is 2. The van der Waals surface area contributed by atoms with E-state index in [1.54, 1.807) is 35.6 Å². The molecule has 2 amide bonds. The number of amides is 2. The van der Waals surface area contributed by atoms with Crippen molar-refractivity contribution in [1.82, 2.24) is 4.98 Å². The van der Waals surface area contributed by atoms with Gasteiger partial charge in [-0.25, -0.2) is 4.98 Å². The van der Waals surface area contributed by atoms with Gasteiger partial charge in [0, 0.05) is 23.1 Å². The van der Waals surface area contributed by atoms with Gasteiger partial charge in [0.2, 0.25) is 5.91 Å². The summed E-state index contributed by atoms with van der Waals surface area (Å²) in [5.41, 5.74) is 4.08. The van der Waals surface area contributed by atoms with Gasteiger partial charge in [0.25, 0.3) is 5.91 Å². The van der Waals surface area contributed by atoms with Crippen LogP contribution < -0.4 is 19.7 Å². The van der Waals surface area contributed by atoms with Crippen LogP contribution in [-0.4, -0.2) is 36.6 Å². The summed E-state index contributed by atoms with van der Waals surface area (Å²) in [5.74, 6) is 0.718. The molecule has 7 nitrogen and oxygen atoms in total. The number of hydrogen-bond acceptors (Lipinski definition) is 6. The van der Waals surface area contributed by atoms with Crippen LogP contribution >= 0.6 is 11.3 Å². The highest BCUT2D eigenvalue weighted by atomic mass is 32.1. The first-order valence-electron chi connectivity index (χ1n) is 11.7. The average molecular weight is 500 g/mol. The van der Waals surface area contributed by atoms with E-state index in [9.17, 15) is 9.59 Å². The van der Waals surface area contributed by atoms with Gasteiger partial charge in [-0.05, 0) is 55.0 Å². The molecule has 0 radical (unpaired) electrons. The van der Waals surface area contributed by atoms with Crippen molar-refractivity contribution in [2.75, 3.05) is 30.0 Å². The quantitative estimate of drug-likeness (QED) is 0.362. The summed E-state index contributed by atoms with van der Waals surface area (Å²) in [6.45, 7) is 2.25. The second-order valence-electron chi connectivity index (χ2n) is 8.25. The van der Waals surface area contributed by atoms with Gasteiger partial charge in [-0.15, -0.1) is 11.3 Å². The molecule has 0 atom stereocenters. The molecule has 182 valence electrons. The highest BCUT2D eigenvalue weighted by Crippen LogP contribution is 2.36. The van der Waals surface area contributed by atoms with Gasteiger partial charge in [0.1, 0.15) is 18.0 Å². The summed E-state index contributed by atoms with van der Waals surface area (Å²) in [5, 5.41) is 5.86. The van der Waals surface area contributed by atoms with Crippen molar-refractivity contribution < 1.29 is 19.1 Å². The van der Waals surface area contributed by atoms with Crippen molar-refractivity contribution in [3.8, 4) is 22.8 Å². The van der Waals surface area contributed by atoms with E-state index in [-0.39, 0.29) is 25.0 Å². The van der Waals surface area contributed by atoms with E-state index >= 15 is 0 Å². The van der Waals surface area contributed by atoms with Crippen molar-refractivity contribution in [3.63, 3.8) is 0 Å². The molecule has 0 bridgehead atoms. The van der Waals surface area contributed by atoms with E-state index < -0.39 is 0 Å². The van der Waals surface area contributed by atoms with Crippen LogP contribution in [0, 0.1) is 0 Å². The topological polar surface area (TPSA) is 80.8 Å². The molecule has 1 N–H and O–H groups in total. The first-order valence-corrected chi connectivity index (χ1v) is 12.6. The Balaban J connectivity index is 1.32. The van der Waals surface area contributed by atoms with E-state index in [1.165, 1.54) is 10.5 Å². The average Bonchev–Trinajstić information content (AvgIpc) is 3.36. The van der Waals surface area contributed by atoms with Crippen molar-refractivity contribution in [3.05, 3.63) is 88.7 Å². The van der Waals surface area contributed by atoms with E-state index in [4.69, 9.17) is 14.5 Å². The summed E-state index contributed by atoms with van der Waals surface area (Å²) < 4.78 is 11.1. The Hall–Kier alpha value is -4.17. The SMILES string of the molecule is CCOc1ccc(NC(=O)CN2C(=O)COc3ccc(-c4csc(Cc5ccccc5)n4)cc32)cc1. The lowest BCUT2D eigenvalue weighted by molar-refractivity contribution is -0.123. The van der Waals surface area contributed by atoms with Crippen molar-refractivity contribution >= 4 is 34.5 Å². The van der Waals surface area contributed by atoms with Crippen LogP contribution in [0.2, 0.25) is 0 Å². The zero-order chi connectivity index (χ0) is 24.9. The Morgan fingerprint density at radius 3 is 2.69 bits per heavy atom. The lowest BCUT2D eigenvalue weighted by Gasteiger charge is -2.29. The third-order valence-electron chi connectivity index (χ3n) is 5.70. The maximum absolute atomic E-state index is 12.8. The molecule has 1 aliphatic rings. The molecular formula is C28H25N3O4S. The predicted octanol–water partition coefficient (Wildman–Crippen LogP) is 5.16. The zero-order valence-corrected chi connectivity index (χ0v) is 20.6. The second-order valence-corrected chi connectivity index (χ2v) is 9.19. The minimum Gasteiger partial charge on any atom is -0.494 e. The number of benzene rings is 3. The standard InChI is InChI=1S/C28H25N3O4S/c1-2-34-22-11-9-21(10-12-22)29-26(32)16-31-24-15-20(8-13-25(24)35-17-28(31)33)23-18-36-27(30-23)14-19-6-4-3-5-7-19/h3-13,15,18H,2,14,16-17H2,1H3,(H,29,32). The number of aromatic nitrogens is 1. The van der Waals surface area contributed by atoms with Gasteiger partial charge in [-0.3, -0.25) is 14.5 Å². The third-order valence-corrected chi connectivity index (χ3v) is 6.55. The molecule has 3 aromatic carbocycles. The molecule has 2 heterocycles. The maximum Gasteiger partial charge on any atom is 0.265 e. The molecule has 0 fully saturated rings. The molecule has 0 saturated heterocycles. The lowest BCUT2D eigenvalue weighted by atomic mass is 10.1. The molecule has 0 aliphatic carbocycles. The lowest BCUT2D eigenvalue weighted by Crippen LogP contribution is -2.43. The number of ether oxygens (including phenoxy) is 2. The number of nitrogens with one attached hydrogen (secondary N) is 1. The summed E-state index contributed by atoms with van der Waals surface area (Å²) >= 11 is 1.60. The van der Waals surface area contributed by atoms with Gasteiger partial charge in [0.15, 0.2) is 6.61 Å². The normalized spacial score (nSPS) is 12.6. The maximum atomic E-state index is 12.8. The fourth-order valence-electron chi connectivity index (χ4n) is 3.98. The van der Waals surface area contributed by atoms with Crippen LogP contribution in [-0.2, 0) is 16.0 Å². The Bertz CT molecular complexity index is 1370. The summed E-state index contributed by atoms with van der Waals surface area (Å²) in [6.07, 6.45) is 0.760. The van der Waals surface area contributed by atoms with Gasteiger partial charge >= 0.3 is 0 Å². The Morgan fingerprint density at radius 2 is 1.92 bits per heavy atom. The number of anilines is 2. The highest BCUT2D eigenvalue weighted by Gasteiger charge is 2.28. The Morgan fingerprint density at radius 1 is 1.11 bits per heavy atom. The molecule has 1 aliphatic heterocycles. The number of carbonyl (C=O) groups excluding carboxylic acids is 2. The summed E-state index contributed by atoms with van der Waals surface area (Å²) in [4.78, 5) is 31.8. The number of rotatable bonds is 8. The van der Waals surface area contributed by atoms with Crippen LogP contribution in [0.15, 0.2) is 78.2 Å². The van der Waals surface area contributed by atoms with E-state index in [0.29, 0.717) is 23.7 Å². The van der Waals surface area contributed by atoms with Crippen LogP contribution in [0.3, 0.4) is 0 Å². The van der Waals surface area contributed by atoms with Crippen molar-refractivity contribution in [2.24, 2.45) is 0 Å². The van der Waals surface area contributed by atoms with E-state index in [1.807, 2.05) is 48.7 Å². The van der Waals surface area contributed by atoms with Crippen molar-refractivity contribution in [2.45, 2.75) is 13.3 Å². The predicted molar refractivity (Wildman–Crippen MR) is 141 cm³/mol. The Labute approximate surface area is 213 Å². The molecule has 0 saturated carbocycles. The van der Waals surface area contributed by atoms with Gasteiger partial charge in [-0.2, -0.15) is 0 Å². The van der Waals surface area contributed by atoms with Gasteiger partial charge in [0.05, 0.1) is 23.0 Å². The molecule has 1 aromatic heterocycles. The number of fused-ring (bicyclic) bond motifs is 1. The first kappa shape index (κ1) is 23.6. The molecule has 36 heavy (non-hydrogen) atoms. The van der Waals surface area contributed by atoms with Gasteiger partial charge in [-0.1, -0.05) is 30.3 Å². The van der Waals surface area contributed by atoms with Crippen LogP contribution in [0.5, 0.6) is 11.5 Å². The summed E-state index contributed by atoms with van der Waals surface area (Å²) in [6, 6.07) is 22.9. The molecule has 8 heteroatoms. The highest BCUT2D eigenvalue weighted by molar-refractivity contribution is 7.10. The fourth-order valence-corrected chi connectivity index (χ4v) is 4.81. The molecule has 0 unspecified atom stereocenters. The molecule has 4 aromatic rings. The van der Waals surface area contributed by atoms with Crippen LogP contribution in [0.4, 0.5) is 11.4 Å². The Kier molecular flexibility index (Phi) is 6.95. The minimum absolute atomic E-state index is 0.111. The zero-order valence-electron chi connectivity index (χ0n) is 19.8.